The number of hydrogen-bond acceptors (Lipinski definition) is 5. The van der Waals surface area contributed by atoms with Gasteiger partial charge in [0, 0.05) is 11.6 Å². The SMILES string of the molecule is N#CC1(C#N)C(c2ccccc2)C=C[C@@]2(C(=O)N(c3ccccc3)[C@@H]2c2ccccc2)C1(C#N)C#N. The summed E-state index contributed by atoms with van der Waals surface area (Å²) in [6.07, 6.45) is 3.26. The topological polar surface area (TPSA) is 115 Å². The standard InChI is InChI=1S/C30H19N5O/c31-18-28(19-32)25(22-10-4-1-5-11-22)16-17-30(29(28,20-33)21-34)26(23-12-6-2-7-13-23)35(27(30)36)24-14-8-3-9-15-24/h1-17,25-26H/t25?,26-,30-/m1/s1. The summed E-state index contributed by atoms with van der Waals surface area (Å²) < 4.78 is 0. The van der Waals surface area contributed by atoms with E-state index < -0.39 is 34.1 Å². The van der Waals surface area contributed by atoms with Crippen LogP contribution in [0.4, 0.5) is 5.69 Å². The fourth-order valence-corrected chi connectivity index (χ4v) is 5.82. The van der Waals surface area contributed by atoms with Crippen molar-refractivity contribution in [2.45, 2.75) is 12.0 Å². The van der Waals surface area contributed by atoms with Crippen LogP contribution in [0.25, 0.3) is 0 Å². The quantitative estimate of drug-likeness (QED) is 0.390. The Bertz CT molecular complexity index is 1490. The second-order valence-electron chi connectivity index (χ2n) is 8.95. The molecule has 1 amide bonds. The highest BCUT2D eigenvalue weighted by Crippen LogP contribution is 2.71. The molecule has 1 fully saturated rings. The lowest BCUT2D eigenvalue weighted by molar-refractivity contribution is -0.145. The second kappa shape index (κ2) is 8.25. The number of rotatable bonds is 3. The minimum atomic E-state index is -2.29. The normalized spacial score (nSPS) is 25.0. The van der Waals surface area contributed by atoms with Gasteiger partial charge < -0.3 is 4.90 Å². The summed E-state index contributed by atoms with van der Waals surface area (Å²) in [4.78, 5) is 15.7. The molecule has 0 saturated carbocycles. The second-order valence-corrected chi connectivity index (χ2v) is 8.95. The molecule has 1 spiro atoms. The third-order valence-corrected chi connectivity index (χ3v) is 7.49. The van der Waals surface area contributed by atoms with Crippen molar-refractivity contribution in [2.24, 2.45) is 16.2 Å². The number of hydrogen-bond donors (Lipinski definition) is 0. The molecule has 3 aromatic rings. The molecule has 3 atom stereocenters. The van der Waals surface area contributed by atoms with Crippen LogP contribution in [0, 0.1) is 61.6 Å². The van der Waals surface area contributed by atoms with E-state index in [0.717, 1.165) is 0 Å². The number of benzene rings is 3. The first kappa shape index (κ1) is 22.6. The first-order valence-electron chi connectivity index (χ1n) is 11.4. The number of amides is 1. The van der Waals surface area contributed by atoms with Crippen molar-refractivity contribution in [1.29, 1.82) is 21.0 Å². The summed E-state index contributed by atoms with van der Waals surface area (Å²) in [5.74, 6) is -1.38. The molecule has 3 aromatic carbocycles. The van der Waals surface area contributed by atoms with Crippen molar-refractivity contribution in [3.8, 4) is 24.3 Å². The van der Waals surface area contributed by atoms with Crippen molar-refractivity contribution < 1.29 is 4.79 Å². The molecule has 6 heteroatoms. The molecule has 1 saturated heterocycles. The average molecular weight is 466 g/mol. The lowest BCUT2D eigenvalue weighted by Crippen LogP contribution is -2.73. The van der Waals surface area contributed by atoms with Crippen molar-refractivity contribution in [1.82, 2.24) is 0 Å². The molecule has 1 aliphatic heterocycles. The number of carbonyl (C=O) groups is 1. The van der Waals surface area contributed by atoms with Gasteiger partial charge in [-0.2, -0.15) is 21.0 Å². The molecule has 1 aliphatic carbocycles. The lowest BCUT2D eigenvalue weighted by Gasteiger charge is -2.62. The summed E-state index contributed by atoms with van der Waals surface area (Å²) in [6.45, 7) is 0. The zero-order chi connectivity index (χ0) is 25.4. The molecule has 0 bridgehead atoms. The van der Waals surface area contributed by atoms with Gasteiger partial charge in [0.05, 0.1) is 30.3 Å². The van der Waals surface area contributed by atoms with E-state index in [-0.39, 0.29) is 0 Å². The van der Waals surface area contributed by atoms with E-state index >= 15 is 0 Å². The highest BCUT2D eigenvalue weighted by Gasteiger charge is 2.80. The maximum absolute atomic E-state index is 14.2. The van der Waals surface area contributed by atoms with Crippen molar-refractivity contribution in [2.75, 3.05) is 4.90 Å². The number of carbonyl (C=O) groups excluding carboxylic acids is 1. The molecule has 1 unspecified atom stereocenters. The van der Waals surface area contributed by atoms with Crippen LogP contribution in [0.15, 0.2) is 103 Å². The van der Waals surface area contributed by atoms with E-state index in [1.54, 1.807) is 71.6 Å². The van der Waals surface area contributed by atoms with E-state index in [0.29, 0.717) is 16.8 Å². The van der Waals surface area contributed by atoms with Crippen LogP contribution in [-0.2, 0) is 4.79 Å². The third kappa shape index (κ3) is 2.59. The molecule has 2 aliphatic rings. The van der Waals surface area contributed by atoms with E-state index in [9.17, 15) is 25.8 Å². The van der Waals surface area contributed by atoms with Crippen LogP contribution in [0.5, 0.6) is 0 Å². The van der Waals surface area contributed by atoms with E-state index in [2.05, 4.69) is 12.1 Å². The number of allylic oxidation sites excluding steroid dienone is 1. The Morgan fingerprint density at radius 1 is 0.667 bits per heavy atom. The van der Waals surface area contributed by atoms with Gasteiger partial charge in [0.2, 0.25) is 5.91 Å². The van der Waals surface area contributed by atoms with Crippen molar-refractivity contribution in [3.63, 3.8) is 0 Å². The molecule has 1 heterocycles. The molecule has 0 radical (unpaired) electrons. The predicted molar refractivity (Wildman–Crippen MR) is 131 cm³/mol. The molecule has 170 valence electrons. The van der Waals surface area contributed by atoms with E-state index in [1.807, 2.05) is 48.5 Å². The zero-order valence-corrected chi connectivity index (χ0v) is 19.1. The molecular weight excluding hydrogens is 446 g/mol. The Balaban J connectivity index is 1.84. The lowest BCUT2D eigenvalue weighted by atomic mass is 9.40. The number of anilines is 1. The fraction of sp³-hybridized carbons (Fsp3) is 0.167. The first-order chi connectivity index (χ1) is 17.6. The van der Waals surface area contributed by atoms with Crippen LogP contribution < -0.4 is 4.90 Å². The Hall–Kier alpha value is -5.17. The largest absolute Gasteiger partial charge is 0.302 e. The van der Waals surface area contributed by atoms with Gasteiger partial charge in [-0.1, -0.05) is 91.0 Å². The Kier molecular flexibility index (Phi) is 5.18. The highest BCUT2D eigenvalue weighted by molar-refractivity contribution is 6.09. The van der Waals surface area contributed by atoms with Gasteiger partial charge >= 0.3 is 0 Å². The maximum Gasteiger partial charge on any atom is 0.242 e. The minimum absolute atomic E-state index is 0.497. The number of nitrogens with zero attached hydrogens (tertiary/aromatic N) is 5. The van der Waals surface area contributed by atoms with Crippen LogP contribution in [0.3, 0.4) is 0 Å². The van der Waals surface area contributed by atoms with E-state index in [4.69, 9.17) is 0 Å². The smallest absolute Gasteiger partial charge is 0.242 e. The number of para-hydroxylation sites is 1. The Morgan fingerprint density at radius 2 is 1.17 bits per heavy atom. The zero-order valence-electron chi connectivity index (χ0n) is 19.1. The summed E-state index contributed by atoms with van der Waals surface area (Å²) in [5.41, 5.74) is -4.26. The van der Waals surface area contributed by atoms with Crippen LogP contribution in [-0.4, -0.2) is 5.91 Å². The van der Waals surface area contributed by atoms with E-state index in [1.165, 1.54) is 0 Å². The van der Waals surface area contributed by atoms with Gasteiger partial charge in [0.1, 0.15) is 5.41 Å². The molecule has 0 aromatic heterocycles. The number of nitriles is 4. The minimum Gasteiger partial charge on any atom is -0.302 e. The van der Waals surface area contributed by atoms with Gasteiger partial charge in [-0.15, -0.1) is 0 Å². The maximum atomic E-state index is 14.2. The van der Waals surface area contributed by atoms with Gasteiger partial charge in [-0.3, -0.25) is 4.79 Å². The first-order valence-corrected chi connectivity index (χ1v) is 11.4. The molecule has 5 rings (SSSR count). The van der Waals surface area contributed by atoms with Crippen LogP contribution in [0.2, 0.25) is 0 Å². The Labute approximate surface area is 209 Å². The van der Waals surface area contributed by atoms with Gasteiger partial charge in [0.25, 0.3) is 0 Å². The summed E-state index contributed by atoms with van der Waals surface area (Å²) in [6, 6.07) is 34.4. The average Bonchev–Trinajstić information content (AvgIpc) is 2.95. The highest BCUT2D eigenvalue weighted by atomic mass is 16.2. The monoisotopic (exact) mass is 465 g/mol. The molecule has 36 heavy (non-hydrogen) atoms. The molecule has 6 nitrogen and oxygen atoms in total. The Morgan fingerprint density at radius 3 is 1.67 bits per heavy atom. The summed E-state index contributed by atoms with van der Waals surface area (Å²) in [5, 5.41) is 42.4. The van der Waals surface area contributed by atoms with Gasteiger partial charge in [-0.25, -0.2) is 0 Å². The van der Waals surface area contributed by atoms with Crippen LogP contribution >= 0.6 is 0 Å². The molecular formula is C30H19N5O. The van der Waals surface area contributed by atoms with Crippen LogP contribution in [0.1, 0.15) is 23.1 Å². The number of β-lactam (4-membered cyclic amide) rings is 1. The van der Waals surface area contributed by atoms with Crippen molar-refractivity contribution in [3.05, 3.63) is 114 Å². The van der Waals surface area contributed by atoms with Gasteiger partial charge in [-0.05, 0) is 23.3 Å². The molecule has 0 N–H and O–H groups in total. The summed E-state index contributed by atoms with van der Waals surface area (Å²) >= 11 is 0. The van der Waals surface area contributed by atoms with Crippen molar-refractivity contribution >= 4 is 11.6 Å². The fourth-order valence-electron chi connectivity index (χ4n) is 5.82. The third-order valence-electron chi connectivity index (χ3n) is 7.49. The predicted octanol–water partition coefficient (Wildman–Crippen LogP) is 5.18. The van der Waals surface area contributed by atoms with Gasteiger partial charge in [0.15, 0.2) is 10.8 Å². The summed E-state index contributed by atoms with van der Waals surface area (Å²) in [7, 11) is 0.